The van der Waals surface area contributed by atoms with Crippen molar-refractivity contribution in [3.05, 3.63) is 52.8 Å². The van der Waals surface area contributed by atoms with E-state index in [1.165, 1.54) is 15.1 Å². The number of nitrogens with zero attached hydrogens (tertiary/aromatic N) is 5. The molecule has 1 aliphatic carbocycles. The average Bonchev–Trinajstić information content (AvgIpc) is 3.64. The maximum absolute atomic E-state index is 13.8. The Bertz CT molecular complexity index is 1380. The highest BCUT2D eigenvalue weighted by molar-refractivity contribution is 7.89. The van der Waals surface area contributed by atoms with Crippen molar-refractivity contribution in [3.8, 4) is 0 Å². The van der Waals surface area contributed by atoms with Crippen LogP contribution in [0.2, 0.25) is 0 Å². The standard InChI is InChI=1S/C24H27F2N5O3S/c1-15-3-7-18(8-4-15)35(33,34)30-11-9-29(10-12-30)21(32)14-31-24-22(16(2)28-31)19(23(25)26)13-20(27-24)17-5-6-17/h3-4,7-8,13,17,23H,5-6,9-12,14H2,1-2H3. The summed E-state index contributed by atoms with van der Waals surface area (Å²) in [4.78, 5) is 19.5. The predicted octanol–water partition coefficient (Wildman–Crippen LogP) is 3.40. The molecule has 1 amide bonds. The summed E-state index contributed by atoms with van der Waals surface area (Å²) in [5.74, 6) is -0.0705. The molecule has 0 radical (unpaired) electrons. The lowest BCUT2D eigenvalue weighted by molar-refractivity contribution is -0.133. The van der Waals surface area contributed by atoms with Gasteiger partial charge in [-0.05, 0) is 44.9 Å². The number of halogens is 2. The normalized spacial score (nSPS) is 17.5. The van der Waals surface area contributed by atoms with Gasteiger partial charge in [-0.15, -0.1) is 0 Å². The van der Waals surface area contributed by atoms with Crippen molar-refractivity contribution in [3.63, 3.8) is 0 Å². The van der Waals surface area contributed by atoms with Crippen molar-refractivity contribution < 1.29 is 22.0 Å². The van der Waals surface area contributed by atoms with Gasteiger partial charge in [0.2, 0.25) is 15.9 Å². The van der Waals surface area contributed by atoms with Crippen molar-refractivity contribution in [2.45, 2.75) is 50.5 Å². The molecule has 2 fully saturated rings. The Balaban J connectivity index is 1.32. The van der Waals surface area contributed by atoms with Gasteiger partial charge >= 0.3 is 0 Å². The van der Waals surface area contributed by atoms with E-state index in [2.05, 4.69) is 10.1 Å². The molecular weight excluding hydrogens is 476 g/mol. The van der Waals surface area contributed by atoms with Gasteiger partial charge in [0.1, 0.15) is 6.54 Å². The zero-order valence-corrected chi connectivity index (χ0v) is 20.4. The molecule has 0 N–H and O–H groups in total. The number of rotatable bonds is 6. The smallest absolute Gasteiger partial charge is 0.264 e. The number of aryl methyl sites for hydroxylation is 2. The fourth-order valence-electron chi connectivity index (χ4n) is 4.54. The lowest BCUT2D eigenvalue weighted by atomic mass is 10.1. The Morgan fingerprint density at radius 2 is 1.74 bits per heavy atom. The van der Waals surface area contributed by atoms with Crippen LogP contribution in [0.5, 0.6) is 0 Å². The number of alkyl halides is 2. The van der Waals surface area contributed by atoms with Crippen LogP contribution in [0.3, 0.4) is 0 Å². The number of amides is 1. The minimum Gasteiger partial charge on any atom is -0.338 e. The number of fused-ring (bicyclic) bond motifs is 1. The summed E-state index contributed by atoms with van der Waals surface area (Å²) in [6.45, 7) is 4.24. The fraction of sp³-hybridized carbons (Fsp3) is 0.458. The zero-order chi connectivity index (χ0) is 24.9. The number of carbonyl (C=O) groups excluding carboxylic acids is 1. The third kappa shape index (κ3) is 4.54. The lowest BCUT2D eigenvalue weighted by Gasteiger charge is -2.34. The quantitative estimate of drug-likeness (QED) is 0.515. The number of sulfonamides is 1. The first-order chi connectivity index (χ1) is 16.6. The highest BCUT2D eigenvalue weighted by Crippen LogP contribution is 2.42. The van der Waals surface area contributed by atoms with E-state index >= 15 is 0 Å². The Hall–Kier alpha value is -2.92. The average molecular weight is 504 g/mol. The number of piperazine rings is 1. The molecule has 3 aromatic rings. The molecule has 5 rings (SSSR count). The maximum atomic E-state index is 13.8. The van der Waals surface area contributed by atoms with Gasteiger partial charge in [0.05, 0.1) is 16.0 Å². The SMILES string of the molecule is Cc1ccc(S(=O)(=O)N2CCN(C(=O)Cn3nc(C)c4c(C(F)F)cc(C5CC5)nc43)CC2)cc1. The van der Waals surface area contributed by atoms with Gasteiger partial charge in [0.25, 0.3) is 6.43 Å². The first kappa shape index (κ1) is 23.8. The molecule has 35 heavy (non-hydrogen) atoms. The molecule has 2 aliphatic rings. The van der Waals surface area contributed by atoms with E-state index < -0.39 is 16.4 Å². The molecule has 1 aliphatic heterocycles. The number of aromatic nitrogens is 3. The highest BCUT2D eigenvalue weighted by atomic mass is 32.2. The van der Waals surface area contributed by atoms with E-state index in [9.17, 15) is 22.0 Å². The summed E-state index contributed by atoms with van der Waals surface area (Å²) in [5, 5.41) is 4.65. The van der Waals surface area contributed by atoms with Crippen molar-refractivity contribution in [1.82, 2.24) is 24.0 Å². The van der Waals surface area contributed by atoms with E-state index in [1.807, 2.05) is 6.92 Å². The van der Waals surface area contributed by atoms with Gasteiger partial charge in [0, 0.05) is 43.4 Å². The molecule has 8 nitrogen and oxygen atoms in total. The lowest BCUT2D eigenvalue weighted by Crippen LogP contribution is -2.51. The van der Waals surface area contributed by atoms with Gasteiger partial charge in [-0.3, -0.25) is 4.79 Å². The van der Waals surface area contributed by atoms with E-state index in [4.69, 9.17) is 0 Å². The minimum absolute atomic E-state index is 0.0944. The number of carbonyl (C=O) groups is 1. The number of benzene rings is 1. The maximum Gasteiger partial charge on any atom is 0.264 e. The van der Waals surface area contributed by atoms with Crippen LogP contribution in [0.25, 0.3) is 11.0 Å². The zero-order valence-electron chi connectivity index (χ0n) is 19.6. The first-order valence-electron chi connectivity index (χ1n) is 11.7. The van der Waals surface area contributed by atoms with E-state index in [1.54, 1.807) is 36.1 Å². The van der Waals surface area contributed by atoms with Crippen LogP contribution >= 0.6 is 0 Å². The third-order valence-electron chi connectivity index (χ3n) is 6.69. The minimum atomic E-state index is -3.64. The molecular formula is C24H27F2N5O3S. The van der Waals surface area contributed by atoms with Crippen LogP contribution in [0.4, 0.5) is 8.78 Å². The van der Waals surface area contributed by atoms with Gasteiger partial charge in [-0.25, -0.2) is 26.9 Å². The largest absolute Gasteiger partial charge is 0.338 e. The molecule has 3 heterocycles. The molecule has 186 valence electrons. The van der Waals surface area contributed by atoms with Gasteiger partial charge in [-0.1, -0.05) is 17.7 Å². The predicted molar refractivity (Wildman–Crippen MR) is 126 cm³/mol. The molecule has 0 spiro atoms. The molecule has 2 aromatic heterocycles. The Kier molecular flexibility index (Phi) is 6.08. The van der Waals surface area contributed by atoms with Gasteiger partial charge in [-0.2, -0.15) is 9.40 Å². The van der Waals surface area contributed by atoms with E-state index in [0.717, 1.165) is 18.4 Å². The highest BCUT2D eigenvalue weighted by Gasteiger charge is 2.32. The molecule has 0 atom stereocenters. The summed E-state index contributed by atoms with van der Waals surface area (Å²) in [6, 6.07) is 8.16. The summed E-state index contributed by atoms with van der Waals surface area (Å²) >= 11 is 0. The molecule has 0 unspecified atom stereocenters. The van der Waals surface area contributed by atoms with Gasteiger partial charge < -0.3 is 4.90 Å². The van der Waals surface area contributed by atoms with Crippen LogP contribution < -0.4 is 0 Å². The molecule has 11 heteroatoms. The summed E-state index contributed by atoms with van der Waals surface area (Å²) in [7, 11) is -3.64. The number of hydrogen-bond donors (Lipinski definition) is 0. The molecule has 1 saturated heterocycles. The first-order valence-corrected chi connectivity index (χ1v) is 13.1. The molecule has 1 aromatic carbocycles. The second-order valence-corrected chi connectivity index (χ2v) is 11.2. The summed E-state index contributed by atoms with van der Waals surface area (Å²) in [5.41, 5.74) is 2.21. The van der Waals surface area contributed by atoms with E-state index in [-0.39, 0.29) is 55.0 Å². The van der Waals surface area contributed by atoms with Crippen LogP contribution in [0, 0.1) is 13.8 Å². The van der Waals surface area contributed by atoms with Crippen molar-refractivity contribution in [2.75, 3.05) is 26.2 Å². The van der Waals surface area contributed by atoms with E-state index in [0.29, 0.717) is 22.4 Å². The van der Waals surface area contributed by atoms with Crippen molar-refractivity contribution in [2.24, 2.45) is 0 Å². The Morgan fingerprint density at radius 1 is 1.09 bits per heavy atom. The molecule has 0 bridgehead atoms. The number of hydrogen-bond acceptors (Lipinski definition) is 5. The topological polar surface area (TPSA) is 88.4 Å². The number of pyridine rings is 1. The van der Waals surface area contributed by atoms with Crippen molar-refractivity contribution in [1.29, 1.82) is 0 Å². The second kappa shape index (κ2) is 8.94. The summed E-state index contributed by atoms with van der Waals surface area (Å²) in [6.07, 6.45) is -0.819. The van der Waals surface area contributed by atoms with Crippen LogP contribution in [-0.2, 0) is 21.4 Å². The van der Waals surface area contributed by atoms with Gasteiger partial charge in [0.15, 0.2) is 5.65 Å². The Labute approximate surface area is 202 Å². The van der Waals surface area contributed by atoms with Crippen LogP contribution in [0.1, 0.15) is 47.7 Å². The second-order valence-electron chi connectivity index (χ2n) is 9.25. The van der Waals surface area contributed by atoms with Crippen molar-refractivity contribution >= 4 is 27.0 Å². The fourth-order valence-corrected chi connectivity index (χ4v) is 5.96. The summed E-state index contributed by atoms with van der Waals surface area (Å²) < 4.78 is 56.2. The van der Waals surface area contributed by atoms with Crippen LogP contribution in [-0.4, -0.2) is 64.5 Å². The Morgan fingerprint density at radius 3 is 2.34 bits per heavy atom. The molecule has 1 saturated carbocycles. The monoisotopic (exact) mass is 503 g/mol. The van der Waals surface area contributed by atoms with Crippen LogP contribution in [0.15, 0.2) is 35.2 Å². The third-order valence-corrected chi connectivity index (χ3v) is 8.61.